The fourth-order valence-corrected chi connectivity index (χ4v) is 2.07. The highest BCUT2D eigenvalue weighted by atomic mass is 16.5. The van der Waals surface area contributed by atoms with E-state index in [-0.39, 0.29) is 0 Å². The summed E-state index contributed by atoms with van der Waals surface area (Å²) in [5.41, 5.74) is -0.572. The van der Waals surface area contributed by atoms with E-state index in [1.54, 1.807) is 0 Å². The fourth-order valence-electron chi connectivity index (χ4n) is 2.07. The molecule has 106 valence electrons. The number of nitrogens with zero attached hydrogens (tertiary/aromatic N) is 1. The lowest BCUT2D eigenvalue weighted by atomic mass is 10.00. The van der Waals surface area contributed by atoms with Crippen LogP contribution < -0.4 is 5.32 Å². The Labute approximate surface area is 113 Å². The molecule has 18 heavy (non-hydrogen) atoms. The molecular weight excluding hydrogens is 224 g/mol. The van der Waals surface area contributed by atoms with Gasteiger partial charge in [0.25, 0.3) is 0 Å². The highest BCUT2D eigenvalue weighted by Crippen LogP contribution is 2.14. The quantitative estimate of drug-likeness (QED) is 0.649. The molecular formula is C15H30N2O. The van der Waals surface area contributed by atoms with Gasteiger partial charge in [-0.2, -0.15) is 5.26 Å². The molecule has 0 saturated heterocycles. The maximum atomic E-state index is 9.21. The third-order valence-corrected chi connectivity index (χ3v) is 3.14. The second-order valence-corrected chi connectivity index (χ2v) is 5.67. The topological polar surface area (TPSA) is 45.0 Å². The normalized spacial score (nSPS) is 16.3. The summed E-state index contributed by atoms with van der Waals surface area (Å²) >= 11 is 0. The van der Waals surface area contributed by atoms with Gasteiger partial charge in [-0.05, 0) is 33.1 Å². The van der Waals surface area contributed by atoms with Crippen molar-refractivity contribution in [3.63, 3.8) is 0 Å². The maximum absolute atomic E-state index is 9.21. The van der Waals surface area contributed by atoms with Crippen LogP contribution in [0.25, 0.3) is 0 Å². The van der Waals surface area contributed by atoms with Crippen molar-refractivity contribution in [3.05, 3.63) is 0 Å². The second-order valence-electron chi connectivity index (χ2n) is 5.67. The van der Waals surface area contributed by atoms with Gasteiger partial charge >= 0.3 is 0 Å². The molecule has 0 saturated carbocycles. The molecule has 0 fully saturated rings. The van der Waals surface area contributed by atoms with Crippen LogP contribution in [-0.2, 0) is 4.74 Å². The molecule has 0 heterocycles. The van der Waals surface area contributed by atoms with Crippen molar-refractivity contribution in [1.82, 2.24) is 5.32 Å². The molecule has 0 aromatic carbocycles. The van der Waals surface area contributed by atoms with Crippen LogP contribution in [0.5, 0.6) is 0 Å². The molecule has 0 aromatic heterocycles. The first-order valence-electron chi connectivity index (χ1n) is 7.24. The summed E-state index contributed by atoms with van der Waals surface area (Å²) in [4.78, 5) is 0. The molecule has 0 aliphatic rings. The van der Waals surface area contributed by atoms with Crippen molar-refractivity contribution < 1.29 is 4.74 Å². The largest absolute Gasteiger partial charge is 0.378 e. The summed E-state index contributed by atoms with van der Waals surface area (Å²) in [6, 6.07) is 2.60. The summed E-state index contributed by atoms with van der Waals surface area (Å²) in [5.74, 6) is 0.631. The molecule has 0 radical (unpaired) electrons. The van der Waals surface area contributed by atoms with E-state index in [0.717, 1.165) is 13.0 Å². The first-order valence-corrected chi connectivity index (χ1v) is 7.24. The molecule has 0 amide bonds. The van der Waals surface area contributed by atoms with E-state index in [9.17, 15) is 5.26 Å². The minimum absolute atomic E-state index is 0.292. The number of nitriles is 1. The molecule has 3 nitrogen and oxygen atoms in total. The van der Waals surface area contributed by atoms with Gasteiger partial charge in [-0.25, -0.2) is 0 Å². The van der Waals surface area contributed by atoms with Crippen molar-refractivity contribution in [1.29, 1.82) is 5.26 Å². The van der Waals surface area contributed by atoms with Crippen LogP contribution in [0, 0.1) is 17.2 Å². The maximum Gasteiger partial charge on any atom is 0.127 e. The number of ether oxygens (including phenoxy) is 1. The summed E-state index contributed by atoms with van der Waals surface area (Å²) in [6.45, 7) is 11.7. The van der Waals surface area contributed by atoms with Crippen molar-refractivity contribution >= 4 is 0 Å². The highest BCUT2D eigenvalue weighted by Gasteiger charge is 2.25. The van der Waals surface area contributed by atoms with Gasteiger partial charge < -0.3 is 4.74 Å². The predicted molar refractivity (Wildman–Crippen MR) is 76.4 cm³/mol. The number of unbranched alkanes of at least 4 members (excludes halogenated alkanes) is 1. The van der Waals surface area contributed by atoms with Gasteiger partial charge in [0.05, 0.1) is 12.7 Å². The molecule has 2 unspecified atom stereocenters. The standard InChI is InChI=1S/C15H30N2O/c1-6-8-9-14(7-2)10-18-12-15(5,11-16)17-13(3)4/h13-14,17H,6-10,12H2,1-5H3. The number of hydrogen-bond acceptors (Lipinski definition) is 3. The molecule has 0 rings (SSSR count). The Kier molecular flexibility index (Phi) is 9.05. The van der Waals surface area contributed by atoms with Gasteiger partial charge in [-0.1, -0.05) is 33.1 Å². The van der Waals surface area contributed by atoms with E-state index >= 15 is 0 Å². The summed E-state index contributed by atoms with van der Waals surface area (Å²) in [5, 5.41) is 12.5. The van der Waals surface area contributed by atoms with Gasteiger partial charge in [0, 0.05) is 12.6 Å². The van der Waals surface area contributed by atoms with E-state index in [0.29, 0.717) is 18.6 Å². The summed E-state index contributed by atoms with van der Waals surface area (Å²) in [7, 11) is 0. The van der Waals surface area contributed by atoms with Gasteiger partial charge in [0.1, 0.15) is 5.54 Å². The van der Waals surface area contributed by atoms with E-state index < -0.39 is 5.54 Å². The number of rotatable bonds is 10. The molecule has 1 N–H and O–H groups in total. The summed E-state index contributed by atoms with van der Waals surface area (Å²) in [6.07, 6.45) is 4.89. The Hall–Kier alpha value is -0.590. The summed E-state index contributed by atoms with van der Waals surface area (Å²) < 4.78 is 5.76. The molecule has 0 bridgehead atoms. The lowest BCUT2D eigenvalue weighted by Crippen LogP contribution is -2.48. The Balaban J connectivity index is 4.02. The monoisotopic (exact) mass is 254 g/mol. The molecule has 0 spiro atoms. The minimum atomic E-state index is -0.572. The SMILES string of the molecule is CCCCC(CC)COCC(C)(C#N)NC(C)C. The molecule has 0 aliphatic heterocycles. The molecule has 2 atom stereocenters. The van der Waals surface area contributed by atoms with Gasteiger partial charge in [-0.3, -0.25) is 5.32 Å². The predicted octanol–water partition coefficient (Wildman–Crippen LogP) is 3.50. The van der Waals surface area contributed by atoms with Gasteiger partial charge in [0.2, 0.25) is 0 Å². The number of hydrogen-bond donors (Lipinski definition) is 1. The average molecular weight is 254 g/mol. The van der Waals surface area contributed by atoms with Crippen LogP contribution in [0.15, 0.2) is 0 Å². The highest BCUT2D eigenvalue weighted by molar-refractivity contribution is 5.04. The molecule has 0 aromatic rings. The van der Waals surface area contributed by atoms with E-state index in [1.807, 2.05) is 20.8 Å². The lowest BCUT2D eigenvalue weighted by Gasteiger charge is -2.26. The zero-order chi connectivity index (χ0) is 14.0. The van der Waals surface area contributed by atoms with E-state index in [2.05, 4.69) is 25.2 Å². The van der Waals surface area contributed by atoms with E-state index in [1.165, 1.54) is 19.3 Å². The molecule has 3 heteroatoms. The van der Waals surface area contributed by atoms with Crippen LogP contribution in [0.1, 0.15) is 60.3 Å². The Morgan fingerprint density at radius 3 is 2.44 bits per heavy atom. The van der Waals surface area contributed by atoms with Gasteiger partial charge in [0.15, 0.2) is 0 Å². The first kappa shape index (κ1) is 17.4. The second kappa shape index (κ2) is 9.35. The van der Waals surface area contributed by atoms with Gasteiger partial charge in [-0.15, -0.1) is 0 Å². The van der Waals surface area contributed by atoms with Crippen molar-refractivity contribution in [3.8, 4) is 6.07 Å². The van der Waals surface area contributed by atoms with Crippen LogP contribution in [0.4, 0.5) is 0 Å². The smallest absolute Gasteiger partial charge is 0.127 e. The number of nitrogens with one attached hydrogen (secondary N) is 1. The van der Waals surface area contributed by atoms with Crippen LogP contribution in [-0.4, -0.2) is 24.8 Å². The van der Waals surface area contributed by atoms with Crippen LogP contribution in [0.2, 0.25) is 0 Å². The Morgan fingerprint density at radius 2 is 2.00 bits per heavy atom. The van der Waals surface area contributed by atoms with Crippen LogP contribution in [0.3, 0.4) is 0 Å². The Morgan fingerprint density at radius 1 is 1.33 bits per heavy atom. The van der Waals surface area contributed by atoms with Crippen LogP contribution >= 0.6 is 0 Å². The van der Waals surface area contributed by atoms with Crippen molar-refractivity contribution in [2.45, 2.75) is 71.9 Å². The van der Waals surface area contributed by atoms with E-state index in [4.69, 9.17) is 4.74 Å². The lowest BCUT2D eigenvalue weighted by molar-refractivity contribution is 0.0620. The zero-order valence-corrected chi connectivity index (χ0v) is 12.8. The average Bonchev–Trinajstić information content (AvgIpc) is 2.32. The van der Waals surface area contributed by atoms with Crippen molar-refractivity contribution in [2.24, 2.45) is 5.92 Å². The Bertz CT molecular complexity index is 247. The first-order chi connectivity index (χ1) is 8.47. The van der Waals surface area contributed by atoms with Crippen molar-refractivity contribution in [2.75, 3.05) is 13.2 Å². The third kappa shape index (κ3) is 7.68. The minimum Gasteiger partial charge on any atom is -0.378 e. The fraction of sp³-hybridized carbons (Fsp3) is 0.933. The molecule has 0 aliphatic carbocycles. The zero-order valence-electron chi connectivity index (χ0n) is 12.8. The third-order valence-electron chi connectivity index (χ3n) is 3.14.